The van der Waals surface area contributed by atoms with Crippen molar-refractivity contribution in [2.45, 2.75) is 12.6 Å². The number of carbonyl (C=O) groups is 2. The van der Waals surface area contributed by atoms with Crippen LogP contribution in [0.15, 0.2) is 54.0 Å². The molecule has 0 unspecified atom stereocenters. The van der Waals surface area contributed by atoms with Crippen LogP contribution in [-0.4, -0.2) is 71.2 Å². The van der Waals surface area contributed by atoms with E-state index >= 15 is 0 Å². The van der Waals surface area contributed by atoms with Crippen LogP contribution in [0.5, 0.6) is 11.6 Å². The third kappa shape index (κ3) is 5.67. The Morgan fingerprint density at radius 2 is 1.97 bits per heavy atom. The first-order valence-electron chi connectivity index (χ1n) is 10.6. The molecule has 0 bridgehead atoms. The standard InChI is InChI=1S/C24H24ClN3O5S/c1-32-13-20-24(31)27(8-9-28(20)23(30)14-33-19-10-21(25)34-15-19)12-16-2-4-17(5-3-16)18-6-7-22(29)26-11-18/h2-7,10-11,15,20H,8-9,12-14H2,1H3,(H,26,29)/t20-/m0/s1. The highest BCUT2D eigenvalue weighted by molar-refractivity contribution is 7.14. The molecule has 0 spiro atoms. The van der Waals surface area contributed by atoms with Crippen LogP contribution in [-0.2, 0) is 20.9 Å². The normalized spacial score (nSPS) is 16.1. The molecule has 0 radical (unpaired) electrons. The number of carbonyl (C=O) groups excluding carboxylic acids is 2. The van der Waals surface area contributed by atoms with Gasteiger partial charge in [-0.15, -0.1) is 11.3 Å². The summed E-state index contributed by atoms with van der Waals surface area (Å²) < 4.78 is 11.4. The maximum atomic E-state index is 13.2. The van der Waals surface area contributed by atoms with Crippen LogP contribution >= 0.6 is 22.9 Å². The summed E-state index contributed by atoms with van der Waals surface area (Å²) in [6.45, 7) is 1.17. The summed E-state index contributed by atoms with van der Waals surface area (Å²) in [6, 6.07) is 12.1. The predicted molar refractivity (Wildman–Crippen MR) is 129 cm³/mol. The number of amides is 2. The fraction of sp³-hybridized carbons (Fsp3) is 0.292. The number of aromatic nitrogens is 1. The number of hydrogen-bond acceptors (Lipinski definition) is 7. The van der Waals surface area contributed by atoms with E-state index in [4.69, 9.17) is 21.1 Å². The summed E-state index contributed by atoms with van der Waals surface area (Å²) in [5, 5.41) is 11.1. The second-order valence-corrected chi connectivity index (χ2v) is 9.34. The summed E-state index contributed by atoms with van der Waals surface area (Å²) in [7, 11) is 1.51. The Morgan fingerprint density at radius 1 is 1.21 bits per heavy atom. The minimum absolute atomic E-state index is 0.0236. The van der Waals surface area contributed by atoms with Crippen LogP contribution < -0.4 is 4.74 Å². The number of aromatic hydroxyl groups is 1. The number of methoxy groups -OCH3 is 1. The molecule has 3 aromatic rings. The van der Waals surface area contributed by atoms with Crippen molar-refractivity contribution in [1.82, 2.24) is 14.8 Å². The van der Waals surface area contributed by atoms with E-state index in [9.17, 15) is 14.7 Å². The SMILES string of the molecule is COC[C@H]1C(=O)N(Cc2ccc(-c3ccc(O)nc3)cc2)CCN1C(=O)COc1csc(Cl)c1. The largest absolute Gasteiger partial charge is 0.493 e. The molecule has 8 nitrogen and oxygen atoms in total. The van der Waals surface area contributed by atoms with Gasteiger partial charge in [0.2, 0.25) is 11.8 Å². The molecular weight excluding hydrogens is 478 g/mol. The van der Waals surface area contributed by atoms with Crippen molar-refractivity contribution in [3.63, 3.8) is 0 Å². The van der Waals surface area contributed by atoms with Crippen molar-refractivity contribution in [3.8, 4) is 22.8 Å². The zero-order chi connectivity index (χ0) is 24.1. The zero-order valence-electron chi connectivity index (χ0n) is 18.5. The second-order valence-electron chi connectivity index (χ2n) is 7.80. The highest BCUT2D eigenvalue weighted by Crippen LogP contribution is 2.26. The van der Waals surface area contributed by atoms with E-state index in [0.29, 0.717) is 29.7 Å². The Kier molecular flexibility index (Phi) is 7.66. The molecule has 1 fully saturated rings. The Balaban J connectivity index is 1.39. The van der Waals surface area contributed by atoms with Crippen LogP contribution in [0.1, 0.15) is 5.56 Å². The third-order valence-corrected chi connectivity index (χ3v) is 6.61. The number of benzene rings is 1. The number of hydrogen-bond donors (Lipinski definition) is 1. The van der Waals surface area contributed by atoms with Gasteiger partial charge in [-0.2, -0.15) is 0 Å². The molecule has 4 rings (SSSR count). The molecule has 1 aliphatic rings. The zero-order valence-corrected chi connectivity index (χ0v) is 20.1. The quantitative estimate of drug-likeness (QED) is 0.508. The summed E-state index contributed by atoms with van der Waals surface area (Å²) in [4.78, 5) is 33.2. The third-order valence-electron chi connectivity index (χ3n) is 5.54. The molecule has 34 heavy (non-hydrogen) atoms. The van der Waals surface area contributed by atoms with E-state index in [-0.39, 0.29) is 30.9 Å². The van der Waals surface area contributed by atoms with Crippen LogP contribution in [0.4, 0.5) is 0 Å². The van der Waals surface area contributed by atoms with Gasteiger partial charge in [0.1, 0.15) is 11.8 Å². The lowest BCUT2D eigenvalue weighted by molar-refractivity contribution is -0.155. The van der Waals surface area contributed by atoms with E-state index < -0.39 is 6.04 Å². The molecule has 3 heterocycles. The van der Waals surface area contributed by atoms with E-state index in [1.54, 1.807) is 34.7 Å². The minimum Gasteiger partial charge on any atom is -0.493 e. The highest BCUT2D eigenvalue weighted by Gasteiger charge is 2.37. The van der Waals surface area contributed by atoms with Gasteiger partial charge in [-0.25, -0.2) is 4.98 Å². The molecule has 0 saturated carbocycles. The summed E-state index contributed by atoms with van der Waals surface area (Å²) in [5.41, 5.74) is 2.82. The van der Waals surface area contributed by atoms with Crippen molar-refractivity contribution >= 4 is 34.8 Å². The van der Waals surface area contributed by atoms with E-state index in [2.05, 4.69) is 4.98 Å². The summed E-state index contributed by atoms with van der Waals surface area (Å²) >= 11 is 7.22. The van der Waals surface area contributed by atoms with Gasteiger partial charge in [0.15, 0.2) is 6.61 Å². The number of piperazine rings is 1. The first kappa shape index (κ1) is 24.0. The average Bonchev–Trinajstić information content (AvgIpc) is 3.26. The molecule has 1 aromatic carbocycles. The Labute approximate surface area is 206 Å². The van der Waals surface area contributed by atoms with Crippen LogP contribution in [0.25, 0.3) is 11.1 Å². The van der Waals surface area contributed by atoms with Gasteiger partial charge >= 0.3 is 0 Å². The van der Waals surface area contributed by atoms with Crippen LogP contribution in [0, 0.1) is 0 Å². The lowest BCUT2D eigenvalue weighted by atomic mass is 10.0. The predicted octanol–water partition coefficient (Wildman–Crippen LogP) is 3.43. The smallest absolute Gasteiger partial charge is 0.261 e. The average molecular weight is 502 g/mol. The molecule has 0 aliphatic carbocycles. The molecule has 10 heteroatoms. The van der Waals surface area contributed by atoms with Crippen molar-refractivity contribution < 1.29 is 24.2 Å². The first-order chi connectivity index (χ1) is 16.4. The minimum atomic E-state index is -0.705. The van der Waals surface area contributed by atoms with Gasteiger partial charge in [-0.1, -0.05) is 35.9 Å². The van der Waals surface area contributed by atoms with E-state index in [0.717, 1.165) is 16.7 Å². The van der Waals surface area contributed by atoms with Crippen molar-refractivity contribution in [1.29, 1.82) is 0 Å². The molecular formula is C24H24ClN3O5S. The van der Waals surface area contributed by atoms with Crippen molar-refractivity contribution in [3.05, 3.63) is 63.9 Å². The maximum Gasteiger partial charge on any atom is 0.261 e. The molecule has 1 atom stereocenters. The number of rotatable bonds is 8. The molecule has 2 amide bonds. The molecule has 178 valence electrons. The molecule has 2 aromatic heterocycles. The number of pyridine rings is 1. The molecule has 1 saturated heterocycles. The van der Waals surface area contributed by atoms with E-state index in [1.165, 1.54) is 23.3 Å². The van der Waals surface area contributed by atoms with Crippen molar-refractivity contribution in [2.75, 3.05) is 33.4 Å². The molecule has 1 N–H and O–H groups in total. The fourth-order valence-corrected chi connectivity index (χ4v) is 4.58. The number of nitrogens with zero attached hydrogens (tertiary/aromatic N) is 3. The molecule has 1 aliphatic heterocycles. The van der Waals surface area contributed by atoms with Gasteiger partial charge in [0, 0.05) is 56.0 Å². The Morgan fingerprint density at radius 3 is 2.62 bits per heavy atom. The fourth-order valence-electron chi connectivity index (χ4n) is 3.79. The number of halogens is 1. The first-order valence-corrected chi connectivity index (χ1v) is 11.9. The van der Waals surface area contributed by atoms with Gasteiger partial charge in [-0.05, 0) is 17.2 Å². The second kappa shape index (κ2) is 10.9. The lowest BCUT2D eigenvalue weighted by Gasteiger charge is -2.40. The van der Waals surface area contributed by atoms with Gasteiger partial charge in [0.25, 0.3) is 5.91 Å². The van der Waals surface area contributed by atoms with Gasteiger partial charge < -0.3 is 24.4 Å². The van der Waals surface area contributed by atoms with Crippen LogP contribution in [0.2, 0.25) is 4.34 Å². The summed E-state index contributed by atoms with van der Waals surface area (Å²) in [5.74, 6) is 0.0729. The van der Waals surface area contributed by atoms with Gasteiger partial charge in [-0.3, -0.25) is 9.59 Å². The Bertz CT molecular complexity index is 1140. The number of ether oxygens (including phenoxy) is 2. The topological polar surface area (TPSA) is 92.2 Å². The van der Waals surface area contributed by atoms with E-state index in [1.807, 2.05) is 24.3 Å². The van der Waals surface area contributed by atoms with Gasteiger partial charge in [0.05, 0.1) is 10.9 Å². The maximum absolute atomic E-state index is 13.2. The van der Waals surface area contributed by atoms with Crippen LogP contribution in [0.3, 0.4) is 0 Å². The Hall–Kier alpha value is -3.14. The lowest BCUT2D eigenvalue weighted by Crippen LogP contribution is -2.60. The highest BCUT2D eigenvalue weighted by atomic mass is 35.5. The monoisotopic (exact) mass is 501 g/mol. The number of thiophene rings is 1. The van der Waals surface area contributed by atoms with Crippen molar-refractivity contribution in [2.24, 2.45) is 0 Å². The summed E-state index contributed by atoms with van der Waals surface area (Å²) in [6.07, 6.45) is 1.61.